The van der Waals surface area contributed by atoms with Crippen molar-refractivity contribution in [2.75, 3.05) is 0 Å². The summed E-state index contributed by atoms with van der Waals surface area (Å²) in [5, 5.41) is 11.7. The third-order valence-corrected chi connectivity index (χ3v) is 7.33. The first kappa shape index (κ1) is 20.5. The van der Waals surface area contributed by atoms with Gasteiger partial charge in [-0.2, -0.15) is 5.10 Å². The maximum atomic E-state index is 4.68. The molecule has 8 heteroatoms. The summed E-state index contributed by atoms with van der Waals surface area (Å²) in [5.41, 5.74) is 9.94. The molecular weight excluding hydrogens is 633 g/mol. The summed E-state index contributed by atoms with van der Waals surface area (Å²) in [4.78, 5) is 4.68. The molecule has 0 aliphatic heterocycles. The van der Waals surface area contributed by atoms with Crippen LogP contribution in [-0.4, -0.2) is 28.9 Å². The van der Waals surface area contributed by atoms with Gasteiger partial charge in [-0.25, -0.2) is 0 Å². The van der Waals surface area contributed by atoms with Crippen LogP contribution in [0.25, 0.3) is 59.9 Å². The molecule has 0 bridgehead atoms. The Morgan fingerprint density at radius 2 is 1.51 bits per heavy atom. The molecule has 0 fully saturated rings. The fourth-order valence-electron chi connectivity index (χ4n) is 5.06. The number of benzene rings is 3. The van der Waals surface area contributed by atoms with E-state index < -0.39 is 0 Å². The van der Waals surface area contributed by atoms with E-state index in [-0.39, 0.29) is 20.1 Å². The van der Waals surface area contributed by atoms with E-state index in [1.54, 1.807) is 11.3 Å². The van der Waals surface area contributed by atoms with Crippen LogP contribution in [0.1, 0.15) is 0 Å². The minimum absolute atomic E-state index is 0. The summed E-state index contributed by atoms with van der Waals surface area (Å²) in [6.07, 6.45) is 4.99. The van der Waals surface area contributed by atoms with E-state index in [4.69, 9.17) is 0 Å². The number of pyridine rings is 1. The van der Waals surface area contributed by atoms with Crippen LogP contribution in [-0.2, 0) is 20.1 Å². The van der Waals surface area contributed by atoms with Gasteiger partial charge in [0.15, 0.2) is 0 Å². The maximum Gasteiger partial charge on any atom is 0.0812 e. The van der Waals surface area contributed by atoms with Crippen molar-refractivity contribution in [1.82, 2.24) is 28.9 Å². The van der Waals surface area contributed by atoms with Crippen LogP contribution in [0.4, 0.5) is 0 Å². The number of hydrogen-bond acceptors (Lipinski definition) is 4. The first-order valence-corrected chi connectivity index (χ1v) is 11.8. The minimum atomic E-state index is 0. The van der Waals surface area contributed by atoms with E-state index in [9.17, 15) is 0 Å². The standard InChI is InChI=1S/C27H15N6S.Ir/c1-3-10-21-19(8-1)20-9-2-4-11-22(20)31(21)17-6-5-7-18(14-17)32-26-24(15-30-32)33-23(12-13-29-33)27-25(26)28-16-34-27;/h1-14,16H;/q-1;. The number of rotatable bonds is 2. The van der Waals surface area contributed by atoms with Crippen molar-refractivity contribution < 1.29 is 20.1 Å². The van der Waals surface area contributed by atoms with Crippen molar-refractivity contribution in [2.24, 2.45) is 0 Å². The molecule has 0 unspecified atom stereocenters. The molecular formula is C27H15IrN6S-. The van der Waals surface area contributed by atoms with Crippen LogP contribution >= 0.6 is 11.3 Å². The first-order valence-electron chi connectivity index (χ1n) is 11.0. The average molecular weight is 648 g/mol. The molecule has 8 aromatic rings. The molecule has 0 aliphatic carbocycles. The Bertz CT molecular complexity index is 1960. The Hall–Kier alpha value is -3.84. The van der Waals surface area contributed by atoms with Crippen LogP contribution in [0.5, 0.6) is 0 Å². The van der Waals surface area contributed by atoms with Crippen molar-refractivity contribution >= 4 is 59.9 Å². The largest absolute Gasteiger partial charge is 0.327 e. The van der Waals surface area contributed by atoms with Gasteiger partial charge in [0, 0.05) is 54.0 Å². The van der Waals surface area contributed by atoms with Gasteiger partial charge in [0.05, 0.1) is 26.8 Å². The molecule has 1 radical (unpaired) electrons. The van der Waals surface area contributed by atoms with Gasteiger partial charge in [-0.15, -0.1) is 11.3 Å². The average Bonchev–Trinajstić information content (AvgIpc) is 3.67. The Morgan fingerprint density at radius 1 is 0.771 bits per heavy atom. The fraction of sp³-hybridized carbons (Fsp3) is 0. The van der Waals surface area contributed by atoms with Crippen LogP contribution in [0.2, 0.25) is 0 Å². The van der Waals surface area contributed by atoms with Gasteiger partial charge in [0.25, 0.3) is 0 Å². The van der Waals surface area contributed by atoms with Gasteiger partial charge < -0.3 is 9.25 Å². The zero-order valence-electron chi connectivity index (χ0n) is 18.1. The Balaban J connectivity index is 0.00000210. The van der Waals surface area contributed by atoms with Gasteiger partial charge in [-0.05, 0) is 41.9 Å². The van der Waals surface area contributed by atoms with E-state index in [2.05, 4.69) is 98.7 Å². The number of para-hydroxylation sites is 2. The number of nitrogens with zero attached hydrogens (tertiary/aromatic N) is 6. The second kappa shape index (κ2) is 7.58. The van der Waals surface area contributed by atoms with Gasteiger partial charge in [-0.1, -0.05) is 54.2 Å². The second-order valence-corrected chi connectivity index (χ2v) is 9.12. The van der Waals surface area contributed by atoms with Gasteiger partial charge in [-0.3, -0.25) is 14.6 Å². The zero-order valence-corrected chi connectivity index (χ0v) is 21.3. The van der Waals surface area contributed by atoms with Crippen molar-refractivity contribution in [3.63, 3.8) is 0 Å². The first-order chi connectivity index (χ1) is 16.9. The fourth-order valence-corrected chi connectivity index (χ4v) is 5.86. The quantitative estimate of drug-likeness (QED) is 0.211. The van der Waals surface area contributed by atoms with Gasteiger partial charge >= 0.3 is 0 Å². The predicted octanol–water partition coefficient (Wildman–Crippen LogP) is 6.18. The van der Waals surface area contributed by atoms with E-state index in [1.807, 2.05) is 27.0 Å². The number of thiazole rings is 1. The summed E-state index contributed by atoms with van der Waals surface area (Å²) in [5.74, 6) is 0. The molecule has 0 amide bonds. The van der Waals surface area contributed by atoms with E-state index in [0.717, 1.165) is 38.1 Å². The molecule has 0 saturated carbocycles. The summed E-state index contributed by atoms with van der Waals surface area (Å²) in [7, 11) is 0. The molecule has 5 aromatic heterocycles. The van der Waals surface area contributed by atoms with Crippen molar-refractivity contribution in [3.8, 4) is 11.4 Å². The van der Waals surface area contributed by atoms with Crippen LogP contribution in [0.3, 0.4) is 0 Å². The molecule has 0 spiro atoms. The SMILES string of the molecule is [Ir].[c-]1nn(-c2cccc(-n3c4ccccc4c4ccccc43)c2)c2c3ncsc3c3ccnn3c12. The minimum Gasteiger partial charge on any atom is -0.327 e. The topological polar surface area (TPSA) is 52.9 Å². The number of fused-ring (bicyclic) bond motifs is 9. The molecule has 0 atom stereocenters. The Labute approximate surface area is 216 Å². The Morgan fingerprint density at radius 3 is 2.31 bits per heavy atom. The van der Waals surface area contributed by atoms with Crippen molar-refractivity contribution in [1.29, 1.82) is 0 Å². The second-order valence-electron chi connectivity index (χ2n) is 8.27. The summed E-state index contributed by atoms with van der Waals surface area (Å²) >= 11 is 1.62. The molecule has 5 heterocycles. The molecule has 35 heavy (non-hydrogen) atoms. The van der Waals surface area contributed by atoms with Crippen LogP contribution in [0.15, 0.2) is 90.6 Å². The summed E-state index contributed by atoms with van der Waals surface area (Å²) in [6, 6.07) is 27.5. The summed E-state index contributed by atoms with van der Waals surface area (Å²) < 4.78 is 7.23. The molecule has 8 rings (SSSR count). The molecule has 0 N–H and O–H groups in total. The molecule has 0 saturated heterocycles. The van der Waals surface area contributed by atoms with E-state index in [1.165, 1.54) is 21.8 Å². The maximum absolute atomic E-state index is 4.68. The zero-order chi connectivity index (χ0) is 22.2. The third kappa shape index (κ3) is 2.76. The Kier molecular flexibility index (Phi) is 4.45. The molecule has 6 nitrogen and oxygen atoms in total. The number of aromatic nitrogens is 6. The van der Waals surface area contributed by atoms with Crippen molar-refractivity contribution in [3.05, 3.63) is 96.8 Å². The normalized spacial score (nSPS) is 11.8. The van der Waals surface area contributed by atoms with E-state index >= 15 is 0 Å². The molecule has 3 aromatic carbocycles. The predicted molar refractivity (Wildman–Crippen MR) is 136 cm³/mol. The summed E-state index contributed by atoms with van der Waals surface area (Å²) in [6.45, 7) is 0. The van der Waals surface area contributed by atoms with Gasteiger partial charge in [0.1, 0.15) is 0 Å². The van der Waals surface area contributed by atoms with Crippen molar-refractivity contribution in [2.45, 2.75) is 0 Å². The smallest absolute Gasteiger partial charge is 0.0812 e. The molecule has 0 aliphatic rings. The number of hydrogen-bond donors (Lipinski definition) is 0. The van der Waals surface area contributed by atoms with Gasteiger partial charge in [0.2, 0.25) is 0 Å². The monoisotopic (exact) mass is 648 g/mol. The van der Waals surface area contributed by atoms with E-state index in [0.29, 0.717) is 0 Å². The van der Waals surface area contributed by atoms with Crippen LogP contribution in [0, 0.1) is 6.20 Å². The molecule has 169 valence electrons. The van der Waals surface area contributed by atoms with Crippen LogP contribution < -0.4 is 0 Å². The third-order valence-electron chi connectivity index (χ3n) is 6.48.